The first-order chi connectivity index (χ1) is 9.87. The Bertz CT molecular complexity index is 765. The van der Waals surface area contributed by atoms with Gasteiger partial charge in [0.05, 0.1) is 12.4 Å². The predicted molar refractivity (Wildman–Crippen MR) is 80.7 cm³/mol. The van der Waals surface area contributed by atoms with Gasteiger partial charge < -0.3 is 9.84 Å². The molecule has 0 atom stereocenters. The highest BCUT2D eigenvalue weighted by atomic mass is 32.2. The van der Waals surface area contributed by atoms with E-state index in [0.717, 1.165) is 17.0 Å². The van der Waals surface area contributed by atoms with Gasteiger partial charge in [0.15, 0.2) is 0 Å². The summed E-state index contributed by atoms with van der Waals surface area (Å²) in [6.07, 6.45) is 1.48. The molecule has 2 rings (SSSR count). The number of sulfone groups is 1. The maximum atomic E-state index is 11.3. The molecule has 5 nitrogen and oxygen atoms in total. The molecule has 0 fully saturated rings. The largest absolute Gasteiger partial charge is 0.493 e. The molecule has 1 N–H and O–H groups in total. The third-order valence-corrected chi connectivity index (χ3v) is 4.03. The van der Waals surface area contributed by atoms with Gasteiger partial charge >= 0.3 is 5.97 Å². The maximum absolute atomic E-state index is 11.3. The first-order valence-corrected chi connectivity index (χ1v) is 8.49. The lowest BCUT2D eigenvalue weighted by Crippen LogP contribution is -2.09. The molecule has 0 saturated carbocycles. The van der Waals surface area contributed by atoms with Crippen LogP contribution in [0.25, 0.3) is 10.8 Å². The SMILES string of the molecule is CS(=O)(=O)CCCOc1cc2ccccc2cc1C(=O)O. The molecule has 21 heavy (non-hydrogen) atoms. The van der Waals surface area contributed by atoms with Crippen molar-refractivity contribution < 1.29 is 23.1 Å². The van der Waals surface area contributed by atoms with Gasteiger partial charge in [0.25, 0.3) is 0 Å². The van der Waals surface area contributed by atoms with Crippen molar-refractivity contribution in [1.29, 1.82) is 0 Å². The van der Waals surface area contributed by atoms with Gasteiger partial charge in [0.2, 0.25) is 0 Å². The molecule has 0 saturated heterocycles. The number of hydrogen-bond donors (Lipinski definition) is 1. The molecule has 0 spiro atoms. The Hall–Kier alpha value is -2.08. The molecule has 2 aromatic rings. The Morgan fingerprint density at radius 1 is 1.19 bits per heavy atom. The highest BCUT2D eigenvalue weighted by Crippen LogP contribution is 2.26. The van der Waals surface area contributed by atoms with Gasteiger partial charge in [0, 0.05) is 6.26 Å². The second kappa shape index (κ2) is 6.13. The van der Waals surface area contributed by atoms with Gasteiger partial charge in [-0.05, 0) is 29.3 Å². The minimum Gasteiger partial charge on any atom is -0.493 e. The summed E-state index contributed by atoms with van der Waals surface area (Å²) in [7, 11) is -3.04. The number of carbonyl (C=O) groups is 1. The van der Waals surface area contributed by atoms with Crippen molar-refractivity contribution in [3.8, 4) is 5.75 Å². The number of carboxylic acids is 1. The van der Waals surface area contributed by atoms with Crippen molar-refractivity contribution >= 4 is 26.6 Å². The summed E-state index contributed by atoms with van der Waals surface area (Å²) < 4.78 is 27.5. The van der Waals surface area contributed by atoms with Crippen LogP contribution in [0.2, 0.25) is 0 Å². The van der Waals surface area contributed by atoms with Crippen molar-refractivity contribution in [2.75, 3.05) is 18.6 Å². The van der Waals surface area contributed by atoms with E-state index in [1.54, 1.807) is 12.1 Å². The van der Waals surface area contributed by atoms with Crippen LogP contribution in [0, 0.1) is 0 Å². The van der Waals surface area contributed by atoms with Crippen molar-refractivity contribution in [3.05, 3.63) is 42.0 Å². The number of carboxylic acid groups (broad SMARTS) is 1. The molecule has 0 aliphatic carbocycles. The first-order valence-electron chi connectivity index (χ1n) is 6.43. The third-order valence-electron chi connectivity index (χ3n) is 3.00. The monoisotopic (exact) mass is 308 g/mol. The van der Waals surface area contributed by atoms with Gasteiger partial charge in [0.1, 0.15) is 21.2 Å². The zero-order valence-electron chi connectivity index (χ0n) is 11.6. The fraction of sp³-hybridized carbons (Fsp3) is 0.267. The average Bonchev–Trinajstić information content (AvgIpc) is 2.41. The quantitative estimate of drug-likeness (QED) is 0.829. The summed E-state index contributed by atoms with van der Waals surface area (Å²) in [6.45, 7) is 0.158. The zero-order valence-corrected chi connectivity index (χ0v) is 12.4. The minimum atomic E-state index is -3.04. The lowest BCUT2D eigenvalue weighted by Gasteiger charge is -2.10. The fourth-order valence-corrected chi connectivity index (χ4v) is 2.65. The lowest BCUT2D eigenvalue weighted by molar-refractivity contribution is 0.0692. The van der Waals surface area contributed by atoms with E-state index < -0.39 is 15.8 Å². The Kier molecular flexibility index (Phi) is 4.47. The summed E-state index contributed by atoms with van der Waals surface area (Å²) >= 11 is 0. The van der Waals surface area contributed by atoms with E-state index in [2.05, 4.69) is 0 Å². The summed E-state index contributed by atoms with van der Waals surface area (Å²) in [5, 5.41) is 10.9. The van der Waals surface area contributed by atoms with Gasteiger partial charge in [-0.2, -0.15) is 0 Å². The van der Waals surface area contributed by atoms with Crippen LogP contribution < -0.4 is 4.74 Å². The number of aromatic carboxylic acids is 1. The molecule has 0 heterocycles. The first kappa shape index (κ1) is 15.3. The van der Waals surface area contributed by atoms with E-state index in [4.69, 9.17) is 4.74 Å². The number of fused-ring (bicyclic) bond motifs is 1. The van der Waals surface area contributed by atoms with E-state index in [1.165, 1.54) is 0 Å². The Balaban J connectivity index is 2.21. The standard InChI is InChI=1S/C15H16O5S/c1-21(18,19)8-4-7-20-14-10-12-6-3-2-5-11(12)9-13(14)15(16)17/h2-3,5-6,9-10H,4,7-8H2,1H3,(H,16,17). The number of hydrogen-bond acceptors (Lipinski definition) is 4. The predicted octanol–water partition coefficient (Wildman–Crippen LogP) is 2.35. The molecule has 0 aliphatic rings. The van der Waals surface area contributed by atoms with E-state index in [0.29, 0.717) is 6.42 Å². The summed E-state index contributed by atoms with van der Waals surface area (Å²) in [4.78, 5) is 11.3. The van der Waals surface area contributed by atoms with Crippen molar-refractivity contribution in [1.82, 2.24) is 0 Å². The van der Waals surface area contributed by atoms with Crippen LogP contribution in [0.5, 0.6) is 5.75 Å². The van der Waals surface area contributed by atoms with Crippen LogP contribution in [-0.4, -0.2) is 38.1 Å². The topological polar surface area (TPSA) is 80.7 Å². The van der Waals surface area contributed by atoms with Gasteiger partial charge in [-0.25, -0.2) is 13.2 Å². The highest BCUT2D eigenvalue weighted by Gasteiger charge is 2.13. The maximum Gasteiger partial charge on any atom is 0.339 e. The highest BCUT2D eigenvalue weighted by molar-refractivity contribution is 7.90. The number of benzene rings is 2. The normalized spacial score (nSPS) is 11.5. The van der Waals surface area contributed by atoms with Gasteiger partial charge in [-0.15, -0.1) is 0 Å². The lowest BCUT2D eigenvalue weighted by atomic mass is 10.1. The molecule has 0 radical (unpaired) electrons. The van der Waals surface area contributed by atoms with Crippen LogP contribution in [0.1, 0.15) is 16.8 Å². The molecule has 6 heteroatoms. The Morgan fingerprint density at radius 2 is 1.81 bits per heavy atom. The van der Waals surface area contributed by atoms with Crippen LogP contribution in [0.4, 0.5) is 0 Å². The van der Waals surface area contributed by atoms with Crippen LogP contribution in [0.15, 0.2) is 36.4 Å². The fourth-order valence-electron chi connectivity index (χ4n) is 2.01. The average molecular weight is 308 g/mol. The second-order valence-electron chi connectivity index (χ2n) is 4.83. The van der Waals surface area contributed by atoms with E-state index >= 15 is 0 Å². The zero-order chi connectivity index (χ0) is 15.5. The van der Waals surface area contributed by atoms with Gasteiger partial charge in [-0.1, -0.05) is 24.3 Å². The summed E-state index contributed by atoms with van der Waals surface area (Å²) in [5.74, 6) is -0.795. The van der Waals surface area contributed by atoms with E-state index in [9.17, 15) is 18.3 Å². The van der Waals surface area contributed by atoms with Crippen LogP contribution >= 0.6 is 0 Å². The molecular formula is C15H16O5S. The Labute approximate surface area is 123 Å². The van der Waals surface area contributed by atoms with E-state index in [-0.39, 0.29) is 23.7 Å². The molecule has 0 amide bonds. The molecular weight excluding hydrogens is 292 g/mol. The molecule has 0 bridgehead atoms. The number of rotatable bonds is 6. The van der Waals surface area contributed by atoms with Crippen molar-refractivity contribution in [2.24, 2.45) is 0 Å². The summed E-state index contributed by atoms with van der Waals surface area (Å²) in [6, 6.07) is 10.6. The minimum absolute atomic E-state index is 0.0169. The second-order valence-corrected chi connectivity index (χ2v) is 7.09. The number of ether oxygens (including phenoxy) is 1. The molecule has 0 aliphatic heterocycles. The molecule has 112 valence electrons. The van der Waals surface area contributed by atoms with E-state index in [1.807, 2.05) is 24.3 Å². The Morgan fingerprint density at radius 3 is 2.38 bits per heavy atom. The van der Waals surface area contributed by atoms with Crippen molar-refractivity contribution in [3.63, 3.8) is 0 Å². The van der Waals surface area contributed by atoms with Crippen LogP contribution in [-0.2, 0) is 9.84 Å². The smallest absolute Gasteiger partial charge is 0.339 e. The van der Waals surface area contributed by atoms with Crippen molar-refractivity contribution in [2.45, 2.75) is 6.42 Å². The third kappa shape index (κ3) is 4.19. The van der Waals surface area contributed by atoms with Crippen LogP contribution in [0.3, 0.4) is 0 Å². The molecule has 0 unspecified atom stereocenters. The summed E-state index contributed by atoms with van der Waals surface area (Å²) in [5.41, 5.74) is 0.0769. The molecule has 0 aromatic heterocycles. The van der Waals surface area contributed by atoms with Gasteiger partial charge in [-0.3, -0.25) is 0 Å². The molecule has 2 aromatic carbocycles.